The molecule has 0 unspecified atom stereocenters. The first-order valence-corrected chi connectivity index (χ1v) is 8.47. The van der Waals surface area contributed by atoms with Gasteiger partial charge in [-0.2, -0.15) is 10.2 Å². The number of methoxy groups -OCH3 is 1. The Bertz CT molecular complexity index is 684. The van der Waals surface area contributed by atoms with Crippen molar-refractivity contribution in [2.24, 2.45) is 10.2 Å². The summed E-state index contributed by atoms with van der Waals surface area (Å²) in [5.41, 5.74) is 2.12. The summed E-state index contributed by atoms with van der Waals surface area (Å²) in [6, 6.07) is 6.11. The minimum absolute atomic E-state index is 0.177. The number of carbonyl (C=O) groups is 1. The number of rotatable bonds is 6. The molecule has 0 aliphatic carbocycles. The summed E-state index contributed by atoms with van der Waals surface area (Å²) in [5.74, 6) is 3.67. The predicted molar refractivity (Wildman–Crippen MR) is 91.6 cm³/mol. The number of aryl methyl sites for hydroxylation is 1. The van der Waals surface area contributed by atoms with Crippen LogP contribution in [0.25, 0.3) is 0 Å². The maximum atomic E-state index is 12.6. The first kappa shape index (κ1) is 16.5. The van der Waals surface area contributed by atoms with Gasteiger partial charge in [0.1, 0.15) is 5.75 Å². The van der Waals surface area contributed by atoms with Crippen LogP contribution in [0.1, 0.15) is 43.2 Å². The van der Waals surface area contributed by atoms with Gasteiger partial charge in [0.05, 0.1) is 7.11 Å². The maximum Gasteiger partial charge on any atom is 0.223 e. The van der Waals surface area contributed by atoms with E-state index in [-0.39, 0.29) is 11.6 Å². The molecule has 0 spiro atoms. The van der Waals surface area contributed by atoms with Gasteiger partial charge in [-0.1, -0.05) is 6.07 Å². The molecule has 1 amide bonds. The minimum Gasteiger partial charge on any atom is -0.497 e. The molecule has 126 valence electrons. The quantitative estimate of drug-likeness (QED) is 0.753. The molecule has 1 aromatic rings. The Morgan fingerprint density at radius 2 is 2.21 bits per heavy atom. The molecule has 2 heterocycles. The molecule has 0 aromatic heterocycles. The van der Waals surface area contributed by atoms with Crippen molar-refractivity contribution in [3.8, 4) is 18.1 Å². The molecule has 2 aliphatic heterocycles. The van der Waals surface area contributed by atoms with E-state index in [2.05, 4.69) is 28.3 Å². The lowest BCUT2D eigenvalue weighted by Gasteiger charge is -2.21. The maximum absolute atomic E-state index is 12.6. The molecule has 0 atom stereocenters. The van der Waals surface area contributed by atoms with Gasteiger partial charge in [0.15, 0.2) is 5.66 Å². The third-order valence-electron chi connectivity index (χ3n) is 4.79. The average Bonchev–Trinajstić information content (AvgIpc) is 3.40. The smallest absolute Gasteiger partial charge is 0.223 e. The van der Waals surface area contributed by atoms with Crippen LogP contribution in [0, 0.1) is 12.3 Å². The van der Waals surface area contributed by atoms with Gasteiger partial charge >= 0.3 is 0 Å². The highest BCUT2D eigenvalue weighted by molar-refractivity contribution is 5.76. The fraction of sp³-hybridized carbons (Fsp3) is 0.526. The highest BCUT2D eigenvalue weighted by atomic mass is 16.5. The van der Waals surface area contributed by atoms with Crippen molar-refractivity contribution in [1.29, 1.82) is 0 Å². The van der Waals surface area contributed by atoms with Crippen LogP contribution in [0.2, 0.25) is 0 Å². The van der Waals surface area contributed by atoms with Crippen molar-refractivity contribution in [3.63, 3.8) is 0 Å². The van der Waals surface area contributed by atoms with Crippen LogP contribution in [-0.4, -0.2) is 30.1 Å². The molecular weight excluding hydrogens is 302 g/mol. The van der Waals surface area contributed by atoms with Gasteiger partial charge in [-0.3, -0.25) is 4.79 Å². The topological polar surface area (TPSA) is 54.3 Å². The van der Waals surface area contributed by atoms with E-state index in [0.29, 0.717) is 25.8 Å². The Balaban J connectivity index is 1.58. The van der Waals surface area contributed by atoms with E-state index in [9.17, 15) is 4.79 Å². The summed E-state index contributed by atoms with van der Waals surface area (Å²) < 4.78 is 5.30. The number of terminal acetylenes is 1. The molecule has 0 N–H and O–H groups in total. The van der Waals surface area contributed by atoms with Gasteiger partial charge in [-0.05, 0) is 36.1 Å². The van der Waals surface area contributed by atoms with Crippen LogP contribution < -0.4 is 4.74 Å². The lowest BCUT2D eigenvalue weighted by molar-refractivity contribution is -0.132. The van der Waals surface area contributed by atoms with Gasteiger partial charge in [-0.25, -0.2) is 0 Å². The lowest BCUT2D eigenvalue weighted by Crippen LogP contribution is -2.31. The van der Waals surface area contributed by atoms with Crippen LogP contribution >= 0.6 is 0 Å². The molecule has 3 rings (SSSR count). The molecule has 24 heavy (non-hydrogen) atoms. The first-order valence-electron chi connectivity index (χ1n) is 8.47. The number of hydrogen-bond acceptors (Lipinski definition) is 4. The van der Waals surface area contributed by atoms with E-state index in [4.69, 9.17) is 11.2 Å². The highest BCUT2D eigenvalue weighted by Crippen LogP contribution is 2.38. The zero-order chi connectivity index (χ0) is 17.0. The molecule has 0 saturated heterocycles. The van der Waals surface area contributed by atoms with Crippen LogP contribution in [0.3, 0.4) is 0 Å². The van der Waals surface area contributed by atoms with Gasteiger partial charge in [0, 0.05) is 38.8 Å². The van der Waals surface area contributed by atoms with E-state index in [1.807, 2.05) is 11.0 Å². The number of amides is 1. The second-order valence-electron chi connectivity index (χ2n) is 6.44. The molecule has 0 bridgehead atoms. The molecule has 0 saturated carbocycles. The molecular formula is C19H23N3O2. The Labute approximate surface area is 143 Å². The van der Waals surface area contributed by atoms with Crippen molar-refractivity contribution >= 4 is 5.91 Å². The number of nitrogens with zero attached hydrogens (tertiary/aromatic N) is 3. The van der Waals surface area contributed by atoms with Gasteiger partial charge in [-0.15, -0.1) is 12.3 Å². The number of hydrogen-bond donors (Lipinski definition) is 0. The SMILES string of the molecule is C#CCCC1(CCC(=O)N2CCCc3cc(OC)ccc3C2)N=N1. The standard InChI is InChI=1S/C19H23N3O2/c1-3-4-10-19(20-21-19)11-9-18(23)22-12-5-6-15-13-17(24-2)8-7-16(15)14-22/h1,7-8,13H,4-6,9-12,14H2,2H3. The Hall–Kier alpha value is -2.35. The summed E-state index contributed by atoms with van der Waals surface area (Å²) in [7, 11) is 1.68. The normalized spacial score (nSPS) is 17.6. The van der Waals surface area contributed by atoms with E-state index in [1.165, 1.54) is 11.1 Å². The highest BCUT2D eigenvalue weighted by Gasteiger charge is 2.39. The third kappa shape index (κ3) is 3.76. The molecule has 0 radical (unpaired) electrons. The summed E-state index contributed by atoms with van der Waals surface area (Å²) in [4.78, 5) is 14.6. The third-order valence-corrected chi connectivity index (χ3v) is 4.79. The van der Waals surface area contributed by atoms with E-state index >= 15 is 0 Å². The van der Waals surface area contributed by atoms with Crippen LogP contribution in [0.4, 0.5) is 0 Å². The molecule has 0 fully saturated rings. The van der Waals surface area contributed by atoms with E-state index in [1.54, 1.807) is 7.11 Å². The average molecular weight is 325 g/mol. The Morgan fingerprint density at radius 1 is 1.38 bits per heavy atom. The number of carbonyl (C=O) groups excluding carboxylic acids is 1. The summed E-state index contributed by atoms with van der Waals surface area (Å²) in [5, 5.41) is 8.21. The molecule has 1 aromatic carbocycles. The van der Waals surface area contributed by atoms with E-state index < -0.39 is 0 Å². The first-order chi connectivity index (χ1) is 11.7. The van der Waals surface area contributed by atoms with Gasteiger partial charge in [0.2, 0.25) is 5.91 Å². The summed E-state index contributed by atoms with van der Waals surface area (Å²) in [6.45, 7) is 1.46. The fourth-order valence-corrected chi connectivity index (χ4v) is 3.21. The second kappa shape index (κ2) is 7.04. The Morgan fingerprint density at radius 3 is 2.92 bits per heavy atom. The molecule has 2 aliphatic rings. The zero-order valence-corrected chi connectivity index (χ0v) is 14.1. The van der Waals surface area contributed by atoms with Gasteiger partial charge < -0.3 is 9.64 Å². The fourth-order valence-electron chi connectivity index (χ4n) is 3.21. The summed E-state index contributed by atoms with van der Waals surface area (Å²) >= 11 is 0. The second-order valence-corrected chi connectivity index (χ2v) is 6.44. The Kier molecular flexibility index (Phi) is 4.84. The lowest BCUT2D eigenvalue weighted by atomic mass is 10.0. The van der Waals surface area contributed by atoms with Crippen molar-refractivity contribution in [2.75, 3.05) is 13.7 Å². The van der Waals surface area contributed by atoms with Crippen molar-refractivity contribution < 1.29 is 9.53 Å². The van der Waals surface area contributed by atoms with Crippen molar-refractivity contribution in [3.05, 3.63) is 29.3 Å². The number of fused-ring (bicyclic) bond motifs is 1. The molecule has 5 nitrogen and oxygen atoms in total. The number of benzene rings is 1. The monoisotopic (exact) mass is 325 g/mol. The van der Waals surface area contributed by atoms with E-state index in [0.717, 1.165) is 31.6 Å². The van der Waals surface area contributed by atoms with Crippen LogP contribution in [0.5, 0.6) is 5.75 Å². The number of ether oxygens (including phenoxy) is 1. The summed E-state index contributed by atoms with van der Waals surface area (Å²) in [6.07, 6.45) is 9.80. The predicted octanol–water partition coefficient (Wildman–Crippen LogP) is 3.33. The van der Waals surface area contributed by atoms with Crippen molar-refractivity contribution in [1.82, 2.24) is 4.90 Å². The van der Waals surface area contributed by atoms with Gasteiger partial charge in [0.25, 0.3) is 0 Å². The largest absolute Gasteiger partial charge is 0.497 e. The molecule has 5 heteroatoms. The zero-order valence-electron chi connectivity index (χ0n) is 14.1. The van der Waals surface area contributed by atoms with Crippen molar-refractivity contribution in [2.45, 2.75) is 50.7 Å². The minimum atomic E-state index is -0.376. The van der Waals surface area contributed by atoms with Crippen LogP contribution in [-0.2, 0) is 17.8 Å². The van der Waals surface area contributed by atoms with Crippen LogP contribution in [0.15, 0.2) is 28.4 Å².